The molecule has 29 heavy (non-hydrogen) atoms. The van der Waals surface area contributed by atoms with Crippen molar-refractivity contribution in [1.82, 2.24) is 9.80 Å². The van der Waals surface area contributed by atoms with Gasteiger partial charge >= 0.3 is 0 Å². The zero-order chi connectivity index (χ0) is 20.5. The molecule has 0 radical (unpaired) electrons. The Hall–Kier alpha value is -2.44. The monoisotopic (exact) mass is 453 g/mol. The molecule has 2 heterocycles. The fourth-order valence-corrected chi connectivity index (χ4v) is 4.36. The summed E-state index contributed by atoms with van der Waals surface area (Å²) in [5.74, 6) is -0.518. The molecule has 6 heteroatoms. The van der Waals surface area contributed by atoms with Crippen LogP contribution in [0.1, 0.15) is 18.4 Å². The first kappa shape index (κ1) is 19.9. The number of nitrogens with zero attached hydrogens (tertiary/aromatic N) is 3. The van der Waals surface area contributed by atoms with Gasteiger partial charge in [0, 0.05) is 17.6 Å². The minimum absolute atomic E-state index is 0.238. The number of rotatable bonds is 4. The minimum Gasteiger partial charge on any atom is -0.366 e. The standard InChI is InChI=1S/C23H24BrN3O2/c1-25-14-12-18(13-15-25)26(2)21-20(16-6-4-3-5-7-16)22(28)27(23(21)29)19-10-8-17(24)9-11-19/h3-11,18H,12-15H2,1-2H3. The third-order valence-electron chi connectivity index (χ3n) is 5.80. The van der Waals surface area contributed by atoms with Crippen molar-refractivity contribution in [3.63, 3.8) is 0 Å². The maximum Gasteiger partial charge on any atom is 0.282 e. The van der Waals surface area contributed by atoms with Gasteiger partial charge in [-0.25, -0.2) is 4.90 Å². The molecule has 0 unspecified atom stereocenters. The maximum absolute atomic E-state index is 13.5. The molecule has 2 aromatic carbocycles. The van der Waals surface area contributed by atoms with Crippen LogP contribution >= 0.6 is 15.9 Å². The van der Waals surface area contributed by atoms with Gasteiger partial charge in [0.2, 0.25) is 0 Å². The van der Waals surface area contributed by atoms with Gasteiger partial charge in [-0.05, 0) is 62.8 Å². The predicted molar refractivity (Wildman–Crippen MR) is 118 cm³/mol. The highest BCUT2D eigenvalue weighted by atomic mass is 79.9. The van der Waals surface area contributed by atoms with Gasteiger partial charge in [0.15, 0.2) is 0 Å². The Morgan fingerprint density at radius 2 is 1.55 bits per heavy atom. The van der Waals surface area contributed by atoms with Crippen LogP contribution < -0.4 is 4.90 Å². The number of likely N-dealkylation sites (tertiary alicyclic amines) is 1. The van der Waals surface area contributed by atoms with E-state index in [4.69, 9.17) is 0 Å². The summed E-state index contributed by atoms with van der Waals surface area (Å²) in [6.45, 7) is 1.98. The van der Waals surface area contributed by atoms with Crippen LogP contribution in [0.2, 0.25) is 0 Å². The van der Waals surface area contributed by atoms with E-state index in [0.29, 0.717) is 17.0 Å². The molecule has 2 aromatic rings. The Balaban J connectivity index is 1.76. The zero-order valence-electron chi connectivity index (χ0n) is 16.6. The molecule has 0 bridgehead atoms. The molecule has 2 aliphatic rings. The summed E-state index contributed by atoms with van der Waals surface area (Å²) in [7, 11) is 4.06. The number of carbonyl (C=O) groups excluding carboxylic acids is 2. The van der Waals surface area contributed by atoms with E-state index in [-0.39, 0.29) is 17.9 Å². The highest BCUT2D eigenvalue weighted by molar-refractivity contribution is 9.10. The first-order chi connectivity index (χ1) is 14.0. The number of hydrogen-bond acceptors (Lipinski definition) is 4. The van der Waals surface area contributed by atoms with Gasteiger partial charge in [-0.2, -0.15) is 0 Å². The van der Waals surface area contributed by atoms with E-state index in [9.17, 15) is 9.59 Å². The van der Waals surface area contributed by atoms with E-state index in [1.807, 2.05) is 54.4 Å². The molecule has 150 valence electrons. The Kier molecular flexibility index (Phi) is 5.56. The normalized spacial score (nSPS) is 18.7. The van der Waals surface area contributed by atoms with Gasteiger partial charge in [0.05, 0.1) is 11.3 Å². The highest BCUT2D eigenvalue weighted by Gasteiger charge is 2.43. The Labute approximate surface area is 179 Å². The smallest absolute Gasteiger partial charge is 0.282 e. The molecule has 0 atom stereocenters. The Bertz CT molecular complexity index is 948. The van der Waals surface area contributed by atoms with Gasteiger partial charge in [0.25, 0.3) is 11.8 Å². The van der Waals surface area contributed by atoms with Crippen LogP contribution in [0.4, 0.5) is 5.69 Å². The van der Waals surface area contributed by atoms with Crippen LogP contribution in [0.5, 0.6) is 0 Å². The lowest BCUT2D eigenvalue weighted by atomic mass is 10.0. The van der Waals surface area contributed by atoms with Crippen LogP contribution in [-0.4, -0.2) is 54.8 Å². The van der Waals surface area contributed by atoms with Crippen LogP contribution in [-0.2, 0) is 9.59 Å². The van der Waals surface area contributed by atoms with Crippen LogP contribution in [0, 0.1) is 0 Å². The third-order valence-corrected chi connectivity index (χ3v) is 6.32. The van der Waals surface area contributed by atoms with Gasteiger partial charge in [-0.1, -0.05) is 46.3 Å². The summed E-state index contributed by atoms with van der Waals surface area (Å²) in [5, 5.41) is 0. The summed E-state index contributed by atoms with van der Waals surface area (Å²) in [5.41, 5.74) is 2.35. The molecule has 1 saturated heterocycles. The quantitative estimate of drug-likeness (QED) is 0.661. The molecule has 0 spiro atoms. The van der Waals surface area contributed by atoms with Crippen molar-refractivity contribution >= 4 is 39.0 Å². The summed E-state index contributed by atoms with van der Waals surface area (Å²) >= 11 is 3.41. The number of amides is 2. The van der Waals surface area contributed by atoms with E-state index in [1.54, 1.807) is 12.1 Å². The van der Waals surface area contributed by atoms with Crippen LogP contribution in [0.3, 0.4) is 0 Å². The summed E-state index contributed by atoms with van der Waals surface area (Å²) in [6.07, 6.45) is 1.94. The van der Waals surface area contributed by atoms with Gasteiger partial charge in [-0.3, -0.25) is 9.59 Å². The molecule has 0 N–H and O–H groups in total. The van der Waals surface area contributed by atoms with Crippen molar-refractivity contribution < 1.29 is 9.59 Å². The molecule has 2 amide bonds. The first-order valence-electron chi connectivity index (χ1n) is 9.83. The topological polar surface area (TPSA) is 43.9 Å². The predicted octanol–water partition coefficient (Wildman–Crippen LogP) is 3.76. The summed E-state index contributed by atoms with van der Waals surface area (Å²) in [6, 6.07) is 17.0. The lowest BCUT2D eigenvalue weighted by molar-refractivity contribution is -0.120. The SMILES string of the molecule is CN1CCC(N(C)C2=C(c3ccccc3)C(=O)N(c3ccc(Br)cc3)C2=O)CC1. The summed E-state index contributed by atoms with van der Waals surface area (Å²) in [4.78, 5) is 32.6. The number of anilines is 1. The zero-order valence-corrected chi connectivity index (χ0v) is 18.2. The molecular formula is C23H24BrN3O2. The molecule has 0 saturated carbocycles. The molecule has 2 aliphatic heterocycles. The van der Waals surface area contributed by atoms with Crippen molar-refractivity contribution in [2.45, 2.75) is 18.9 Å². The number of benzene rings is 2. The average Bonchev–Trinajstić information content (AvgIpc) is 2.99. The molecule has 5 nitrogen and oxygen atoms in total. The molecule has 4 rings (SSSR count). The molecule has 0 aliphatic carbocycles. The lowest BCUT2D eigenvalue weighted by Gasteiger charge is -2.36. The van der Waals surface area contributed by atoms with Crippen molar-refractivity contribution in [1.29, 1.82) is 0 Å². The van der Waals surface area contributed by atoms with Crippen molar-refractivity contribution in [3.8, 4) is 0 Å². The largest absolute Gasteiger partial charge is 0.366 e. The molecule has 0 aromatic heterocycles. The average molecular weight is 454 g/mol. The Morgan fingerprint density at radius 1 is 0.931 bits per heavy atom. The number of halogens is 1. The van der Waals surface area contributed by atoms with E-state index < -0.39 is 0 Å². The number of piperidine rings is 1. The van der Waals surface area contributed by atoms with E-state index in [0.717, 1.165) is 36.0 Å². The second-order valence-electron chi connectivity index (χ2n) is 7.66. The van der Waals surface area contributed by atoms with Crippen LogP contribution in [0.15, 0.2) is 64.8 Å². The van der Waals surface area contributed by atoms with E-state index in [2.05, 4.69) is 27.9 Å². The van der Waals surface area contributed by atoms with Crippen molar-refractivity contribution in [3.05, 3.63) is 70.3 Å². The van der Waals surface area contributed by atoms with Crippen molar-refractivity contribution in [2.24, 2.45) is 0 Å². The lowest BCUT2D eigenvalue weighted by Crippen LogP contribution is -2.43. The van der Waals surface area contributed by atoms with E-state index in [1.165, 1.54) is 4.90 Å². The second kappa shape index (κ2) is 8.13. The fraction of sp³-hybridized carbons (Fsp3) is 0.304. The number of likely N-dealkylation sites (N-methyl/N-ethyl adjacent to an activating group) is 1. The number of hydrogen-bond donors (Lipinski definition) is 0. The minimum atomic E-state index is -0.265. The van der Waals surface area contributed by atoms with Gasteiger partial charge in [-0.15, -0.1) is 0 Å². The summed E-state index contributed by atoms with van der Waals surface area (Å²) < 4.78 is 0.903. The van der Waals surface area contributed by atoms with Crippen LogP contribution in [0.25, 0.3) is 5.57 Å². The third kappa shape index (κ3) is 3.74. The highest BCUT2D eigenvalue weighted by Crippen LogP contribution is 2.36. The maximum atomic E-state index is 13.5. The van der Waals surface area contributed by atoms with E-state index >= 15 is 0 Å². The fourth-order valence-electron chi connectivity index (χ4n) is 4.10. The number of imide groups is 1. The number of carbonyl (C=O) groups is 2. The molecular weight excluding hydrogens is 430 g/mol. The van der Waals surface area contributed by atoms with Gasteiger partial charge < -0.3 is 9.80 Å². The Morgan fingerprint density at radius 3 is 2.17 bits per heavy atom. The molecule has 1 fully saturated rings. The first-order valence-corrected chi connectivity index (χ1v) is 10.6. The van der Waals surface area contributed by atoms with Crippen molar-refractivity contribution in [2.75, 3.05) is 32.1 Å². The van der Waals surface area contributed by atoms with Gasteiger partial charge in [0.1, 0.15) is 5.70 Å². The second-order valence-corrected chi connectivity index (χ2v) is 8.57.